The third-order valence-corrected chi connectivity index (χ3v) is 4.24. The minimum Gasteiger partial charge on any atom is -0.480 e. The highest BCUT2D eigenvalue weighted by Gasteiger charge is 2.27. The zero-order valence-corrected chi connectivity index (χ0v) is 12.3. The minimum atomic E-state index is -3.93. The van der Waals surface area contributed by atoms with Crippen LogP contribution < -0.4 is 4.72 Å². The molecule has 0 fully saturated rings. The summed E-state index contributed by atoms with van der Waals surface area (Å²) >= 11 is 0. The molecule has 0 amide bonds. The largest absolute Gasteiger partial charge is 0.480 e. The van der Waals surface area contributed by atoms with Gasteiger partial charge in [0.05, 0.1) is 4.90 Å². The number of hydrogen-bond donors (Lipinski definition) is 2. The molecule has 7 heteroatoms. The first-order valence-electron chi connectivity index (χ1n) is 6.01. The topological polar surface area (TPSA) is 101 Å². The van der Waals surface area contributed by atoms with E-state index in [2.05, 4.69) is 4.72 Å². The van der Waals surface area contributed by atoms with Gasteiger partial charge in [0.1, 0.15) is 6.04 Å². The van der Waals surface area contributed by atoms with E-state index in [1.54, 1.807) is 13.8 Å². The fraction of sp³-hybridized carbons (Fsp3) is 0.385. The molecule has 1 aromatic carbocycles. The first kappa shape index (κ1) is 16.3. The molecule has 0 aliphatic heterocycles. The third kappa shape index (κ3) is 3.88. The van der Waals surface area contributed by atoms with Crippen LogP contribution in [0.3, 0.4) is 0 Å². The molecule has 0 radical (unpaired) electrons. The van der Waals surface area contributed by atoms with Gasteiger partial charge in [-0.3, -0.25) is 9.59 Å². The van der Waals surface area contributed by atoms with Crippen molar-refractivity contribution in [2.75, 3.05) is 0 Å². The van der Waals surface area contributed by atoms with Crippen LogP contribution in [0.25, 0.3) is 0 Å². The molecule has 0 saturated carbocycles. The quantitative estimate of drug-likeness (QED) is 0.771. The molecule has 0 aliphatic rings. The molecule has 2 N–H and O–H groups in total. The highest BCUT2D eigenvalue weighted by atomic mass is 32.2. The molecule has 1 atom stereocenters. The number of benzene rings is 1. The third-order valence-electron chi connectivity index (χ3n) is 2.79. The predicted molar refractivity (Wildman–Crippen MR) is 73.0 cm³/mol. The Kier molecular flexibility index (Phi) is 5.02. The summed E-state index contributed by atoms with van der Waals surface area (Å²) in [7, 11) is -3.93. The molecule has 1 rings (SSSR count). The van der Waals surface area contributed by atoms with Gasteiger partial charge in [-0.15, -0.1) is 0 Å². The number of ketones is 1. The van der Waals surface area contributed by atoms with Gasteiger partial charge < -0.3 is 5.11 Å². The van der Waals surface area contributed by atoms with Gasteiger partial charge in [-0.25, -0.2) is 8.42 Å². The molecule has 0 aromatic heterocycles. The highest BCUT2D eigenvalue weighted by molar-refractivity contribution is 7.89. The molecule has 1 aromatic rings. The van der Waals surface area contributed by atoms with Gasteiger partial charge in [-0.1, -0.05) is 26.0 Å². The van der Waals surface area contributed by atoms with E-state index in [1.807, 2.05) is 0 Å². The molecular weight excluding hydrogens is 282 g/mol. The number of carbonyl (C=O) groups is 2. The molecular formula is C13H17NO5S. The molecule has 0 heterocycles. The number of carboxylic acid groups (broad SMARTS) is 1. The first-order valence-corrected chi connectivity index (χ1v) is 7.49. The molecule has 0 bridgehead atoms. The smallest absolute Gasteiger partial charge is 0.322 e. The van der Waals surface area contributed by atoms with Crippen LogP contribution in [0.15, 0.2) is 29.2 Å². The summed E-state index contributed by atoms with van der Waals surface area (Å²) in [6.45, 7) is 4.60. The summed E-state index contributed by atoms with van der Waals surface area (Å²) < 4.78 is 26.3. The summed E-state index contributed by atoms with van der Waals surface area (Å²) in [4.78, 5) is 22.1. The van der Waals surface area contributed by atoms with Gasteiger partial charge in [-0.05, 0) is 25.0 Å². The zero-order chi connectivity index (χ0) is 15.5. The summed E-state index contributed by atoms with van der Waals surface area (Å²) in [6, 6.07) is 4.13. The Labute approximate surface area is 117 Å². The highest BCUT2D eigenvalue weighted by Crippen LogP contribution is 2.13. The maximum Gasteiger partial charge on any atom is 0.322 e. The van der Waals surface area contributed by atoms with Crippen LogP contribution in [0.4, 0.5) is 0 Å². The molecule has 110 valence electrons. The Morgan fingerprint density at radius 3 is 2.00 bits per heavy atom. The first-order chi connectivity index (χ1) is 9.15. The van der Waals surface area contributed by atoms with Crippen molar-refractivity contribution in [2.24, 2.45) is 5.92 Å². The predicted octanol–water partition coefficient (Wildman–Crippen LogP) is 1.28. The molecule has 0 aliphatic carbocycles. The van der Waals surface area contributed by atoms with Gasteiger partial charge in [-0.2, -0.15) is 4.72 Å². The van der Waals surface area contributed by atoms with Crippen molar-refractivity contribution in [3.63, 3.8) is 0 Å². The standard InChI is InChI=1S/C13H17NO5S/c1-8(2)12(13(16)17)14-20(18,19)11-6-4-10(5-7-11)9(3)15/h4-8,12,14H,1-3H3,(H,16,17)/t12-/m0/s1. The summed E-state index contributed by atoms with van der Waals surface area (Å²) in [5.74, 6) is -1.80. The van der Waals surface area contributed by atoms with Crippen molar-refractivity contribution in [2.45, 2.75) is 31.7 Å². The summed E-state index contributed by atoms with van der Waals surface area (Å²) in [6.07, 6.45) is 0. The number of hydrogen-bond acceptors (Lipinski definition) is 4. The van der Waals surface area contributed by atoms with Crippen molar-refractivity contribution in [1.82, 2.24) is 4.72 Å². The van der Waals surface area contributed by atoms with Crippen LogP contribution in [0, 0.1) is 5.92 Å². The van der Waals surface area contributed by atoms with E-state index >= 15 is 0 Å². The maximum absolute atomic E-state index is 12.1. The second-order valence-corrected chi connectivity index (χ2v) is 6.48. The van der Waals surface area contributed by atoms with Crippen LogP contribution >= 0.6 is 0 Å². The Morgan fingerprint density at radius 1 is 1.15 bits per heavy atom. The monoisotopic (exact) mass is 299 g/mol. The van der Waals surface area contributed by atoms with Gasteiger partial charge in [0, 0.05) is 5.56 Å². The van der Waals surface area contributed by atoms with E-state index in [0.717, 1.165) is 0 Å². The maximum atomic E-state index is 12.1. The number of aliphatic carboxylic acids is 1. The normalized spacial score (nSPS) is 13.2. The van der Waals surface area contributed by atoms with Gasteiger partial charge >= 0.3 is 5.97 Å². The van der Waals surface area contributed by atoms with Crippen molar-refractivity contribution >= 4 is 21.8 Å². The van der Waals surface area contributed by atoms with Crippen LogP contribution in [-0.4, -0.2) is 31.3 Å². The fourth-order valence-corrected chi connectivity index (χ4v) is 2.91. The van der Waals surface area contributed by atoms with Crippen molar-refractivity contribution in [3.8, 4) is 0 Å². The van der Waals surface area contributed by atoms with E-state index in [4.69, 9.17) is 5.11 Å². The van der Waals surface area contributed by atoms with E-state index in [1.165, 1.54) is 31.2 Å². The summed E-state index contributed by atoms with van der Waals surface area (Å²) in [5.41, 5.74) is 0.391. The zero-order valence-electron chi connectivity index (χ0n) is 11.5. The number of sulfonamides is 1. The Balaban J connectivity index is 3.04. The fourth-order valence-electron chi connectivity index (χ4n) is 1.58. The van der Waals surface area contributed by atoms with Crippen LogP contribution in [0.5, 0.6) is 0 Å². The number of nitrogens with one attached hydrogen (secondary N) is 1. The molecule has 0 saturated heterocycles. The van der Waals surface area contributed by atoms with E-state index in [0.29, 0.717) is 5.56 Å². The van der Waals surface area contributed by atoms with Crippen molar-refractivity contribution in [1.29, 1.82) is 0 Å². The lowest BCUT2D eigenvalue weighted by molar-refractivity contribution is -0.140. The number of Topliss-reactive ketones (excluding diaryl/α,β-unsaturated/α-hetero) is 1. The molecule has 20 heavy (non-hydrogen) atoms. The average molecular weight is 299 g/mol. The Bertz CT molecular complexity index is 604. The minimum absolute atomic E-state index is 0.0746. The van der Waals surface area contributed by atoms with Gasteiger partial charge in [0.25, 0.3) is 0 Å². The molecule has 0 unspecified atom stereocenters. The number of carboxylic acids is 1. The SMILES string of the molecule is CC(=O)c1ccc(S(=O)(=O)N[C@H](C(=O)O)C(C)C)cc1. The van der Waals surface area contributed by atoms with Gasteiger partial charge in [0.2, 0.25) is 10.0 Å². The van der Waals surface area contributed by atoms with Gasteiger partial charge in [0.15, 0.2) is 5.78 Å². The number of carbonyl (C=O) groups excluding carboxylic acids is 1. The van der Waals surface area contributed by atoms with E-state index < -0.39 is 28.0 Å². The second kappa shape index (κ2) is 6.15. The lowest BCUT2D eigenvalue weighted by Gasteiger charge is -2.18. The molecule has 0 spiro atoms. The number of rotatable bonds is 6. The lowest BCUT2D eigenvalue weighted by atomic mass is 10.1. The van der Waals surface area contributed by atoms with E-state index in [-0.39, 0.29) is 10.7 Å². The van der Waals surface area contributed by atoms with Crippen LogP contribution in [0.2, 0.25) is 0 Å². The lowest BCUT2D eigenvalue weighted by Crippen LogP contribution is -2.44. The van der Waals surface area contributed by atoms with E-state index in [9.17, 15) is 18.0 Å². The van der Waals surface area contributed by atoms with Crippen molar-refractivity contribution in [3.05, 3.63) is 29.8 Å². The second-order valence-electron chi connectivity index (χ2n) is 4.76. The van der Waals surface area contributed by atoms with Crippen LogP contribution in [0.1, 0.15) is 31.1 Å². The Hall–Kier alpha value is -1.73. The average Bonchev–Trinajstić information content (AvgIpc) is 2.35. The molecule has 6 nitrogen and oxygen atoms in total. The summed E-state index contributed by atoms with van der Waals surface area (Å²) in [5, 5.41) is 9.00. The van der Waals surface area contributed by atoms with Crippen molar-refractivity contribution < 1.29 is 23.1 Å². The Morgan fingerprint density at radius 2 is 1.65 bits per heavy atom. The van der Waals surface area contributed by atoms with Crippen LogP contribution in [-0.2, 0) is 14.8 Å².